The predicted octanol–water partition coefficient (Wildman–Crippen LogP) is 2.71. The lowest BCUT2D eigenvalue weighted by molar-refractivity contribution is 0.110. The molecule has 106 valence electrons. The SMILES string of the molecule is Cc1csc(=Nc2cccc(Cl)c2)n1N1CCOCC1. The molecule has 0 bridgehead atoms. The Labute approximate surface area is 126 Å². The Morgan fingerprint density at radius 2 is 2.10 bits per heavy atom. The fourth-order valence-corrected chi connectivity index (χ4v) is 3.29. The summed E-state index contributed by atoms with van der Waals surface area (Å²) in [6.07, 6.45) is 0. The Balaban J connectivity index is 2.01. The van der Waals surface area contributed by atoms with Crippen LogP contribution in [0.25, 0.3) is 0 Å². The Bertz CT molecular complexity index is 658. The summed E-state index contributed by atoms with van der Waals surface area (Å²) in [5.41, 5.74) is 2.07. The van der Waals surface area contributed by atoms with Crippen molar-refractivity contribution in [2.24, 2.45) is 4.99 Å². The Morgan fingerprint density at radius 1 is 1.30 bits per heavy atom. The second kappa shape index (κ2) is 5.99. The highest BCUT2D eigenvalue weighted by Crippen LogP contribution is 2.17. The monoisotopic (exact) mass is 309 g/mol. The van der Waals surface area contributed by atoms with E-state index in [0.29, 0.717) is 5.02 Å². The largest absolute Gasteiger partial charge is 0.378 e. The summed E-state index contributed by atoms with van der Waals surface area (Å²) in [6, 6.07) is 7.61. The molecule has 1 aliphatic rings. The molecule has 0 atom stereocenters. The van der Waals surface area contributed by atoms with E-state index in [2.05, 4.69) is 22.0 Å². The number of halogens is 1. The van der Waals surface area contributed by atoms with Gasteiger partial charge in [0.05, 0.1) is 32.0 Å². The summed E-state index contributed by atoms with van der Waals surface area (Å²) in [7, 11) is 0. The number of rotatable bonds is 2. The van der Waals surface area contributed by atoms with Crippen LogP contribution in [0.3, 0.4) is 0 Å². The van der Waals surface area contributed by atoms with E-state index in [1.165, 1.54) is 5.69 Å². The zero-order chi connectivity index (χ0) is 13.9. The van der Waals surface area contributed by atoms with Gasteiger partial charge in [-0.15, -0.1) is 11.3 Å². The molecule has 0 spiro atoms. The van der Waals surface area contributed by atoms with Crippen molar-refractivity contribution >= 4 is 28.6 Å². The van der Waals surface area contributed by atoms with Crippen LogP contribution >= 0.6 is 22.9 Å². The maximum atomic E-state index is 6.01. The highest BCUT2D eigenvalue weighted by Gasteiger charge is 2.14. The maximum absolute atomic E-state index is 6.01. The highest BCUT2D eigenvalue weighted by molar-refractivity contribution is 7.07. The number of aryl methyl sites for hydroxylation is 1. The topological polar surface area (TPSA) is 29.8 Å². The summed E-state index contributed by atoms with van der Waals surface area (Å²) in [5, 5.41) is 5.11. The minimum atomic E-state index is 0.706. The van der Waals surface area contributed by atoms with Crippen LogP contribution in [0, 0.1) is 6.92 Å². The van der Waals surface area contributed by atoms with Gasteiger partial charge < -0.3 is 9.75 Å². The molecule has 0 unspecified atom stereocenters. The van der Waals surface area contributed by atoms with Crippen LogP contribution in [-0.4, -0.2) is 31.0 Å². The van der Waals surface area contributed by atoms with Gasteiger partial charge in [-0.1, -0.05) is 17.7 Å². The van der Waals surface area contributed by atoms with Gasteiger partial charge in [0.2, 0.25) is 4.80 Å². The molecule has 6 heteroatoms. The van der Waals surface area contributed by atoms with Crippen LogP contribution in [0.5, 0.6) is 0 Å². The second-order valence-corrected chi connectivity index (χ2v) is 5.90. The summed E-state index contributed by atoms with van der Waals surface area (Å²) < 4.78 is 7.59. The molecule has 1 aliphatic heterocycles. The van der Waals surface area contributed by atoms with Gasteiger partial charge in [-0.3, -0.25) is 0 Å². The molecule has 0 amide bonds. The molecule has 4 nitrogen and oxygen atoms in total. The number of hydrogen-bond acceptors (Lipinski definition) is 4. The third-order valence-electron chi connectivity index (χ3n) is 3.15. The molecule has 2 heterocycles. The van der Waals surface area contributed by atoms with E-state index >= 15 is 0 Å². The minimum absolute atomic E-state index is 0.706. The first kappa shape index (κ1) is 13.7. The van der Waals surface area contributed by atoms with Crippen molar-refractivity contribution in [1.82, 2.24) is 4.68 Å². The molecule has 2 aromatic rings. The zero-order valence-corrected chi connectivity index (χ0v) is 12.8. The third kappa shape index (κ3) is 2.90. The average molecular weight is 310 g/mol. The summed E-state index contributed by atoms with van der Waals surface area (Å²) in [5.74, 6) is 0. The number of aromatic nitrogens is 1. The molecule has 0 radical (unpaired) electrons. The first-order valence-corrected chi connectivity index (χ1v) is 7.80. The lowest BCUT2D eigenvalue weighted by Crippen LogP contribution is -2.48. The minimum Gasteiger partial charge on any atom is -0.378 e. The van der Waals surface area contributed by atoms with Gasteiger partial charge in [0, 0.05) is 16.1 Å². The second-order valence-electron chi connectivity index (χ2n) is 4.63. The fraction of sp³-hybridized carbons (Fsp3) is 0.357. The van der Waals surface area contributed by atoms with Crippen LogP contribution in [-0.2, 0) is 4.74 Å². The third-order valence-corrected chi connectivity index (χ3v) is 4.32. The van der Waals surface area contributed by atoms with Crippen molar-refractivity contribution in [3.05, 3.63) is 45.2 Å². The van der Waals surface area contributed by atoms with Gasteiger partial charge in [0.15, 0.2) is 0 Å². The number of benzene rings is 1. The first-order valence-electron chi connectivity index (χ1n) is 6.54. The van der Waals surface area contributed by atoms with E-state index in [1.54, 1.807) is 11.3 Å². The van der Waals surface area contributed by atoms with Crippen LogP contribution in [0.1, 0.15) is 5.69 Å². The zero-order valence-electron chi connectivity index (χ0n) is 11.3. The average Bonchev–Trinajstić information content (AvgIpc) is 2.81. The number of thiazole rings is 1. The molecule has 1 aromatic carbocycles. The van der Waals surface area contributed by atoms with Gasteiger partial charge in [-0.2, -0.15) is 0 Å². The lowest BCUT2D eigenvalue weighted by Gasteiger charge is -2.30. The normalized spacial score (nSPS) is 16.7. The molecule has 3 rings (SSSR count). The van der Waals surface area contributed by atoms with Gasteiger partial charge in [0.1, 0.15) is 0 Å². The quantitative estimate of drug-likeness (QED) is 0.854. The van der Waals surface area contributed by atoms with Crippen molar-refractivity contribution in [3.8, 4) is 0 Å². The van der Waals surface area contributed by atoms with E-state index in [9.17, 15) is 0 Å². The van der Waals surface area contributed by atoms with E-state index in [0.717, 1.165) is 36.8 Å². The Hall–Kier alpha value is -1.30. The predicted molar refractivity (Wildman–Crippen MR) is 82.5 cm³/mol. The van der Waals surface area contributed by atoms with Crippen molar-refractivity contribution in [1.29, 1.82) is 0 Å². The lowest BCUT2D eigenvalue weighted by atomic mass is 10.3. The van der Waals surface area contributed by atoms with Crippen LogP contribution in [0.15, 0.2) is 34.6 Å². The molecule has 1 aromatic heterocycles. The Morgan fingerprint density at radius 3 is 2.85 bits per heavy atom. The van der Waals surface area contributed by atoms with Gasteiger partial charge in [-0.05, 0) is 25.1 Å². The van der Waals surface area contributed by atoms with E-state index in [4.69, 9.17) is 21.3 Å². The summed E-state index contributed by atoms with van der Waals surface area (Å²) in [4.78, 5) is 5.68. The van der Waals surface area contributed by atoms with Gasteiger partial charge >= 0.3 is 0 Å². The summed E-state index contributed by atoms with van der Waals surface area (Å²) in [6.45, 7) is 5.40. The van der Waals surface area contributed by atoms with Gasteiger partial charge in [-0.25, -0.2) is 9.67 Å². The van der Waals surface area contributed by atoms with Crippen LogP contribution < -0.4 is 9.81 Å². The number of ether oxygens (including phenoxy) is 1. The van der Waals surface area contributed by atoms with Gasteiger partial charge in [0.25, 0.3) is 0 Å². The smallest absolute Gasteiger partial charge is 0.209 e. The molecule has 0 saturated carbocycles. The fourth-order valence-electron chi connectivity index (χ4n) is 2.22. The maximum Gasteiger partial charge on any atom is 0.209 e. The number of hydrogen-bond donors (Lipinski definition) is 0. The highest BCUT2D eigenvalue weighted by atomic mass is 35.5. The van der Waals surface area contributed by atoms with Crippen molar-refractivity contribution < 1.29 is 4.74 Å². The molecule has 20 heavy (non-hydrogen) atoms. The van der Waals surface area contributed by atoms with Crippen molar-refractivity contribution in [2.75, 3.05) is 31.3 Å². The molecule has 0 N–H and O–H groups in total. The summed E-state index contributed by atoms with van der Waals surface area (Å²) >= 11 is 7.66. The van der Waals surface area contributed by atoms with E-state index in [-0.39, 0.29) is 0 Å². The standard InChI is InChI=1S/C14H16ClN3OS/c1-11-10-20-14(16-13-4-2-3-12(15)9-13)18(11)17-5-7-19-8-6-17/h2-4,9-10H,5-8H2,1H3. The van der Waals surface area contributed by atoms with E-state index in [1.807, 2.05) is 24.3 Å². The van der Waals surface area contributed by atoms with Crippen molar-refractivity contribution in [2.45, 2.75) is 6.92 Å². The van der Waals surface area contributed by atoms with E-state index < -0.39 is 0 Å². The number of nitrogens with zero attached hydrogens (tertiary/aromatic N) is 3. The molecule has 1 fully saturated rings. The first-order chi connectivity index (χ1) is 9.74. The Kier molecular flexibility index (Phi) is 4.10. The molecule has 1 saturated heterocycles. The molecular weight excluding hydrogens is 294 g/mol. The number of morpholine rings is 1. The van der Waals surface area contributed by atoms with Crippen LogP contribution in [0.4, 0.5) is 5.69 Å². The van der Waals surface area contributed by atoms with Crippen molar-refractivity contribution in [3.63, 3.8) is 0 Å². The molecular formula is C14H16ClN3OS. The van der Waals surface area contributed by atoms with Crippen LogP contribution in [0.2, 0.25) is 5.02 Å². The molecule has 0 aliphatic carbocycles.